The number of nitrogens with zero attached hydrogens (tertiary/aromatic N) is 4. The Labute approximate surface area is 294 Å². The molecule has 2 aromatic heterocycles. The predicted molar refractivity (Wildman–Crippen MR) is 191 cm³/mol. The first-order valence-corrected chi connectivity index (χ1v) is 17.2. The van der Waals surface area contributed by atoms with E-state index in [1.165, 1.54) is 19.2 Å². The molecule has 4 aromatic carbocycles. The summed E-state index contributed by atoms with van der Waals surface area (Å²) in [5.74, 6) is -1.60. The number of fused-ring (bicyclic) bond motifs is 4. The largest absolute Gasteiger partial charge is 0.469 e. The number of rotatable bonds is 8. The van der Waals surface area contributed by atoms with Gasteiger partial charge in [-0.1, -0.05) is 91.0 Å². The van der Waals surface area contributed by atoms with Crippen LogP contribution in [0, 0.1) is 40.7 Å². The van der Waals surface area contributed by atoms with E-state index in [0.29, 0.717) is 16.6 Å². The normalized spacial score (nSPS) is 19.8. The smallest absolute Gasteiger partial charge is 0.311 e. The van der Waals surface area contributed by atoms with Crippen molar-refractivity contribution in [1.82, 2.24) is 14.8 Å². The summed E-state index contributed by atoms with van der Waals surface area (Å²) in [6.45, 7) is 0. The predicted octanol–water partition coefficient (Wildman–Crippen LogP) is 8.48. The summed E-state index contributed by atoms with van der Waals surface area (Å²) in [6, 6.07) is 35.6. The quantitative estimate of drug-likeness (QED) is 0.128. The minimum absolute atomic E-state index is 0.0354. The number of pyridine rings is 1. The first kappa shape index (κ1) is 32.3. The highest BCUT2D eigenvalue weighted by atomic mass is 19.1. The molecule has 3 fully saturated rings. The molecule has 0 aliphatic heterocycles. The third-order valence-electron chi connectivity index (χ3n) is 10.9. The van der Waals surface area contributed by atoms with E-state index in [-0.39, 0.29) is 40.8 Å². The van der Waals surface area contributed by atoms with Gasteiger partial charge in [-0.25, -0.2) is 18.4 Å². The number of aromatic nitrogens is 3. The van der Waals surface area contributed by atoms with Crippen LogP contribution >= 0.6 is 0 Å². The number of hydrogen-bond acceptors (Lipinski definition) is 6. The summed E-state index contributed by atoms with van der Waals surface area (Å²) in [6.07, 6.45) is 4.88. The van der Waals surface area contributed by atoms with Crippen molar-refractivity contribution < 1.29 is 18.3 Å². The Morgan fingerprint density at radius 2 is 1.43 bits per heavy atom. The number of ether oxygens (including phenoxy) is 1. The number of esters is 1. The second-order valence-electron chi connectivity index (χ2n) is 13.5. The lowest BCUT2D eigenvalue weighted by Crippen LogP contribution is -2.51. The molecular formula is C42H35F2N5O2. The molecule has 2 bridgehead atoms. The van der Waals surface area contributed by atoms with Gasteiger partial charge in [-0.3, -0.25) is 4.79 Å². The van der Waals surface area contributed by atoms with Crippen molar-refractivity contribution in [2.45, 2.75) is 37.3 Å². The van der Waals surface area contributed by atoms with Gasteiger partial charge in [0.2, 0.25) is 0 Å². The minimum atomic E-state index is -1.09. The van der Waals surface area contributed by atoms with E-state index < -0.39 is 23.1 Å². The Balaban J connectivity index is 1.38. The average molecular weight is 680 g/mol. The second kappa shape index (κ2) is 13.1. The van der Waals surface area contributed by atoms with Crippen molar-refractivity contribution in [3.63, 3.8) is 0 Å². The van der Waals surface area contributed by atoms with E-state index in [9.17, 15) is 10.1 Å². The Kier molecular flexibility index (Phi) is 8.31. The van der Waals surface area contributed by atoms with Crippen molar-refractivity contribution in [2.75, 3.05) is 12.4 Å². The summed E-state index contributed by atoms with van der Waals surface area (Å²) >= 11 is 0. The molecular weight excluding hydrogens is 644 g/mol. The maximum atomic E-state index is 15.9. The fourth-order valence-electron chi connectivity index (χ4n) is 8.60. The topological polar surface area (TPSA) is 92.8 Å². The first-order chi connectivity index (χ1) is 24.9. The third kappa shape index (κ3) is 5.34. The van der Waals surface area contributed by atoms with Crippen molar-refractivity contribution in [3.8, 4) is 17.3 Å². The van der Waals surface area contributed by atoms with Crippen LogP contribution in [-0.2, 0) is 15.1 Å². The summed E-state index contributed by atoms with van der Waals surface area (Å²) in [7, 11) is 1.39. The van der Waals surface area contributed by atoms with E-state index >= 15 is 8.78 Å². The standard InChI is InChI=1S/C42H35F2N5O2/c1-51-41(50)37-26-17-19-27(20-18-26)38(37)47-36-23-33(28(24-45)21-35(36)44)39-34-22-32(43)25-46-40(34)49(48-39)42(29-11-5-2-6-12-29,30-13-7-3-8-14-30)31-15-9-4-10-16-31/h2-16,21-23,25-27,37-38,47H,17-20H2,1H3/t26?,27?,37-,38?/m0/s1. The molecule has 2 heterocycles. The third-order valence-corrected chi connectivity index (χ3v) is 10.9. The van der Waals surface area contributed by atoms with E-state index in [0.717, 1.165) is 48.6 Å². The fourth-order valence-corrected chi connectivity index (χ4v) is 8.60. The minimum Gasteiger partial charge on any atom is -0.469 e. The number of halogens is 2. The van der Waals surface area contributed by atoms with Gasteiger partial charge >= 0.3 is 5.97 Å². The van der Waals surface area contributed by atoms with Crippen molar-refractivity contribution in [2.24, 2.45) is 17.8 Å². The SMILES string of the molecule is COC(=O)[C@H]1C2CCC(CC2)C1Nc1cc(-c2nn(C(c3ccccc3)(c3ccccc3)c3ccccc3)c3ncc(F)cc23)c(C#N)cc1F. The molecule has 9 heteroatoms. The maximum Gasteiger partial charge on any atom is 0.311 e. The van der Waals surface area contributed by atoms with Crippen LogP contribution in [0.4, 0.5) is 14.5 Å². The molecule has 0 amide bonds. The number of hydrogen-bond donors (Lipinski definition) is 1. The Morgan fingerprint density at radius 1 is 0.863 bits per heavy atom. The van der Waals surface area contributed by atoms with Gasteiger partial charge in [0.25, 0.3) is 0 Å². The van der Waals surface area contributed by atoms with Crippen LogP contribution in [-0.4, -0.2) is 33.9 Å². The van der Waals surface area contributed by atoms with Crippen LogP contribution < -0.4 is 5.32 Å². The van der Waals surface area contributed by atoms with Gasteiger partial charge in [0, 0.05) is 11.6 Å². The lowest BCUT2D eigenvalue weighted by molar-refractivity contribution is -0.152. The van der Waals surface area contributed by atoms with Gasteiger partial charge in [0.15, 0.2) is 5.65 Å². The van der Waals surface area contributed by atoms with Crippen LogP contribution in [0.25, 0.3) is 22.3 Å². The summed E-state index contributed by atoms with van der Waals surface area (Å²) in [5, 5.41) is 19.3. The number of carbonyl (C=O) groups is 1. The molecule has 254 valence electrons. The lowest BCUT2D eigenvalue weighted by atomic mass is 9.61. The second-order valence-corrected chi connectivity index (χ2v) is 13.5. The van der Waals surface area contributed by atoms with Gasteiger partial charge in [0.05, 0.1) is 41.9 Å². The molecule has 3 aliphatic carbocycles. The van der Waals surface area contributed by atoms with Crippen LogP contribution in [0.15, 0.2) is 115 Å². The van der Waals surface area contributed by atoms with Gasteiger partial charge < -0.3 is 10.1 Å². The number of benzene rings is 4. The Hall–Kier alpha value is -5.88. The molecule has 7 nitrogen and oxygen atoms in total. The molecule has 6 aromatic rings. The van der Waals surface area contributed by atoms with E-state index in [4.69, 9.17) is 9.84 Å². The fraction of sp³-hybridized carbons (Fsp3) is 0.238. The molecule has 3 aliphatic rings. The number of nitriles is 1. The average Bonchev–Trinajstić information content (AvgIpc) is 3.55. The van der Waals surface area contributed by atoms with E-state index in [1.807, 2.05) is 91.0 Å². The van der Waals surface area contributed by atoms with Crippen LogP contribution in [0.3, 0.4) is 0 Å². The van der Waals surface area contributed by atoms with Crippen molar-refractivity contribution >= 4 is 22.7 Å². The highest BCUT2D eigenvalue weighted by molar-refractivity contribution is 5.94. The molecule has 51 heavy (non-hydrogen) atoms. The Bertz CT molecular complexity index is 2170. The van der Waals surface area contributed by atoms with Crippen LogP contribution in [0.1, 0.15) is 47.9 Å². The van der Waals surface area contributed by atoms with Gasteiger partial charge in [-0.15, -0.1) is 0 Å². The molecule has 0 radical (unpaired) electrons. The number of carbonyl (C=O) groups excluding carboxylic acids is 1. The molecule has 0 saturated heterocycles. The van der Waals surface area contributed by atoms with Crippen molar-refractivity contribution in [3.05, 3.63) is 149 Å². The zero-order chi connectivity index (χ0) is 35.1. The number of nitrogens with one attached hydrogen (secondary N) is 1. The molecule has 2 atom stereocenters. The lowest BCUT2D eigenvalue weighted by Gasteiger charge is -2.47. The van der Waals surface area contributed by atoms with E-state index in [1.54, 1.807) is 10.7 Å². The van der Waals surface area contributed by atoms with Gasteiger partial charge in [0.1, 0.15) is 22.9 Å². The highest BCUT2D eigenvalue weighted by Crippen LogP contribution is 2.48. The number of methoxy groups -OCH3 is 1. The molecule has 0 spiro atoms. The number of anilines is 1. The first-order valence-electron chi connectivity index (χ1n) is 17.2. The molecule has 1 N–H and O–H groups in total. The monoisotopic (exact) mass is 679 g/mol. The summed E-state index contributed by atoms with van der Waals surface area (Å²) < 4.78 is 38.1. The highest BCUT2D eigenvalue weighted by Gasteiger charge is 2.48. The molecule has 1 unspecified atom stereocenters. The van der Waals surface area contributed by atoms with Gasteiger partial charge in [-0.05, 0) is 72.4 Å². The maximum absolute atomic E-state index is 15.9. The zero-order valence-electron chi connectivity index (χ0n) is 28.0. The van der Waals surface area contributed by atoms with Gasteiger partial charge in [-0.2, -0.15) is 10.4 Å². The molecule has 3 saturated carbocycles. The van der Waals surface area contributed by atoms with Crippen LogP contribution in [0.5, 0.6) is 0 Å². The van der Waals surface area contributed by atoms with E-state index in [2.05, 4.69) is 16.4 Å². The molecule has 9 rings (SSSR count). The van der Waals surface area contributed by atoms with Crippen molar-refractivity contribution in [1.29, 1.82) is 5.26 Å². The van der Waals surface area contributed by atoms with Crippen LogP contribution in [0.2, 0.25) is 0 Å². The summed E-state index contributed by atoms with van der Waals surface area (Å²) in [4.78, 5) is 17.6. The zero-order valence-corrected chi connectivity index (χ0v) is 28.0. The Morgan fingerprint density at radius 3 is 1.98 bits per heavy atom. The summed E-state index contributed by atoms with van der Waals surface area (Å²) in [5.41, 5.74) is 2.70.